The molecule has 1 heterocycles. The van der Waals surface area contributed by atoms with Crippen molar-refractivity contribution in [3.05, 3.63) is 20.2 Å². The summed E-state index contributed by atoms with van der Waals surface area (Å²) in [6.45, 7) is 3.81. The number of nitro groups is 2. The second-order valence-electron chi connectivity index (χ2n) is 8.07. The summed E-state index contributed by atoms with van der Waals surface area (Å²) in [5.74, 6) is -0.801. The van der Waals surface area contributed by atoms with E-state index in [1.807, 2.05) is 0 Å². The van der Waals surface area contributed by atoms with Crippen LogP contribution in [-0.4, -0.2) is 100 Å². The van der Waals surface area contributed by atoms with Crippen molar-refractivity contribution in [1.29, 1.82) is 0 Å². The molecule has 0 aromatic carbocycles. The fourth-order valence-corrected chi connectivity index (χ4v) is 5.82. The lowest BCUT2D eigenvalue weighted by atomic mass is 10.0. The highest BCUT2D eigenvalue weighted by molar-refractivity contribution is 7.68. The van der Waals surface area contributed by atoms with Gasteiger partial charge in [0, 0.05) is 49.9 Å². The third-order valence-electron chi connectivity index (χ3n) is 4.81. The molecule has 0 aromatic rings. The average Bonchev–Trinajstić information content (AvgIpc) is 2.59. The molecule has 0 aromatic heterocycles. The van der Waals surface area contributed by atoms with Crippen LogP contribution in [0.15, 0.2) is 0 Å². The minimum absolute atomic E-state index is 0.0257. The van der Waals surface area contributed by atoms with Gasteiger partial charge in [0.1, 0.15) is 0 Å². The summed E-state index contributed by atoms with van der Waals surface area (Å²) in [5.41, 5.74) is -2.74. The normalized spacial score (nSPS) is 30.6. The molecule has 0 radical (unpaired) electrons. The first kappa shape index (κ1) is 26.9. The molecule has 0 saturated carbocycles. The molecular formula is C14H31N6O8P2+. The van der Waals surface area contributed by atoms with Crippen molar-refractivity contribution in [2.75, 3.05) is 64.5 Å². The molecule has 4 unspecified atom stereocenters. The van der Waals surface area contributed by atoms with E-state index < -0.39 is 43.6 Å². The number of nitrogens with zero attached hydrogens (tertiary/aromatic N) is 3. The smallest absolute Gasteiger partial charge is 0.340 e. The number of rotatable bonds is 6. The Morgan fingerprint density at radius 2 is 1.50 bits per heavy atom. The molecule has 16 heteroatoms. The Hall–Kier alpha value is -1.11. The van der Waals surface area contributed by atoms with E-state index in [2.05, 4.69) is 16.0 Å². The van der Waals surface area contributed by atoms with Gasteiger partial charge in [0.15, 0.2) is 0 Å². The lowest BCUT2D eigenvalue weighted by molar-refractivity contribution is -0.563. The van der Waals surface area contributed by atoms with Crippen LogP contribution in [0.5, 0.6) is 0 Å². The quantitative estimate of drug-likeness (QED) is 0.180. The van der Waals surface area contributed by atoms with Gasteiger partial charge in [-0.25, -0.2) is 0 Å². The summed E-state index contributed by atoms with van der Waals surface area (Å²) < 4.78 is 23.3. The predicted molar refractivity (Wildman–Crippen MR) is 110 cm³/mol. The molecule has 0 amide bonds. The minimum atomic E-state index is -4.04. The first-order chi connectivity index (χ1) is 13.8. The predicted octanol–water partition coefficient (Wildman–Crippen LogP) is -0.938. The van der Waals surface area contributed by atoms with Crippen LogP contribution in [0.1, 0.15) is 13.8 Å². The van der Waals surface area contributed by atoms with E-state index in [0.717, 1.165) is 0 Å². The van der Waals surface area contributed by atoms with E-state index in [-0.39, 0.29) is 44.2 Å². The summed E-state index contributed by atoms with van der Waals surface area (Å²) in [5, 5.41) is 32.0. The third kappa shape index (κ3) is 8.94. The molecule has 5 N–H and O–H groups in total. The van der Waals surface area contributed by atoms with Crippen LogP contribution in [-0.2, 0) is 9.13 Å². The molecule has 1 rings (SSSR count). The molecule has 30 heavy (non-hydrogen) atoms. The highest BCUT2D eigenvalue weighted by Gasteiger charge is 2.42. The Morgan fingerprint density at radius 3 is 1.97 bits per heavy atom. The van der Waals surface area contributed by atoms with Gasteiger partial charge in [-0.2, -0.15) is 4.89 Å². The van der Waals surface area contributed by atoms with Crippen LogP contribution in [0, 0.1) is 20.2 Å². The number of nitrogens with one attached hydrogen (secondary N) is 3. The van der Waals surface area contributed by atoms with Crippen molar-refractivity contribution < 1.29 is 28.8 Å². The molecule has 1 aliphatic heterocycles. The zero-order valence-corrected chi connectivity index (χ0v) is 18.9. The summed E-state index contributed by atoms with van der Waals surface area (Å²) >= 11 is 0. The summed E-state index contributed by atoms with van der Waals surface area (Å²) in [6, 6.07) is 0. The Morgan fingerprint density at radius 1 is 1.03 bits per heavy atom. The largest absolute Gasteiger partial charge is 0.515 e. The van der Waals surface area contributed by atoms with Crippen LogP contribution in [0.25, 0.3) is 0 Å². The maximum atomic E-state index is 12.3. The zero-order chi connectivity index (χ0) is 23.0. The lowest BCUT2D eigenvalue weighted by Gasteiger charge is -2.31. The van der Waals surface area contributed by atoms with Gasteiger partial charge in [0.2, 0.25) is 11.1 Å². The zero-order valence-electron chi connectivity index (χ0n) is 17.2. The monoisotopic (exact) mass is 473 g/mol. The van der Waals surface area contributed by atoms with Crippen molar-refractivity contribution in [3.8, 4) is 0 Å². The lowest BCUT2D eigenvalue weighted by Crippen LogP contribution is -2.57. The van der Waals surface area contributed by atoms with Crippen LogP contribution in [0.2, 0.25) is 0 Å². The maximum absolute atomic E-state index is 12.3. The first-order valence-corrected chi connectivity index (χ1v) is 12.8. The summed E-state index contributed by atoms with van der Waals surface area (Å²) in [6.07, 6.45) is -0.492. The van der Waals surface area contributed by atoms with Gasteiger partial charge in [-0.15, -0.1) is 0 Å². The van der Waals surface area contributed by atoms with E-state index in [9.17, 15) is 34.3 Å². The molecule has 14 nitrogen and oxygen atoms in total. The van der Waals surface area contributed by atoms with Crippen molar-refractivity contribution in [2.24, 2.45) is 0 Å². The first-order valence-electron chi connectivity index (χ1n) is 9.38. The van der Waals surface area contributed by atoms with Crippen molar-refractivity contribution in [2.45, 2.75) is 24.9 Å². The van der Waals surface area contributed by atoms with E-state index in [0.29, 0.717) is 13.1 Å². The van der Waals surface area contributed by atoms with Gasteiger partial charge in [-0.1, -0.05) is 0 Å². The maximum Gasteiger partial charge on any atom is 0.515 e. The van der Waals surface area contributed by atoms with E-state index >= 15 is 0 Å². The van der Waals surface area contributed by atoms with E-state index in [1.165, 1.54) is 18.7 Å². The highest BCUT2D eigenvalue weighted by atomic mass is 31.2. The second kappa shape index (κ2) is 11.5. The van der Waals surface area contributed by atoms with Crippen molar-refractivity contribution >= 4 is 15.4 Å². The molecule has 0 spiro atoms. The number of hydrogen-bond donors (Lipinski definition) is 5. The fourth-order valence-electron chi connectivity index (χ4n) is 3.08. The van der Waals surface area contributed by atoms with Gasteiger partial charge >= 0.3 is 8.03 Å². The van der Waals surface area contributed by atoms with E-state index in [1.54, 1.807) is 0 Å². The minimum Gasteiger partial charge on any atom is -0.340 e. The van der Waals surface area contributed by atoms with Gasteiger partial charge in [-0.3, -0.25) is 29.7 Å². The number of hydrogen-bond acceptors (Lipinski definition) is 10. The standard InChI is InChI=1S/C14H30N6O8P2/c1-13(19(21)22)7-15-3-4-16-9-14(2,20(23)24)10-18(6-5-17-8-13)11-30(27,28)12-29(25)26/h15-17H,3-12H2,1-2H3,(H-,25,26,27,28)/p+1. The molecule has 1 saturated heterocycles. The van der Waals surface area contributed by atoms with Crippen molar-refractivity contribution in [3.63, 3.8) is 0 Å². The molecule has 174 valence electrons. The third-order valence-corrected chi connectivity index (χ3v) is 8.39. The highest BCUT2D eigenvalue weighted by Crippen LogP contribution is 2.47. The van der Waals surface area contributed by atoms with Gasteiger partial charge in [-0.05, 0) is 4.57 Å². The van der Waals surface area contributed by atoms with Gasteiger partial charge in [0.25, 0.3) is 13.3 Å². The Balaban J connectivity index is 3.01. The van der Waals surface area contributed by atoms with Crippen LogP contribution >= 0.6 is 15.4 Å². The SMILES string of the molecule is CC1([N+](=O)[O-])CNCCNCC(C)([N+](=O)[O-])CN(CP(=O)(O)C[P+](=O)O)CCNC1. The van der Waals surface area contributed by atoms with E-state index in [4.69, 9.17) is 4.89 Å². The average molecular weight is 473 g/mol. The van der Waals surface area contributed by atoms with Gasteiger partial charge < -0.3 is 20.8 Å². The molecule has 0 aliphatic carbocycles. The second-order valence-corrected chi connectivity index (χ2v) is 11.9. The molecular weight excluding hydrogens is 442 g/mol. The van der Waals surface area contributed by atoms with Gasteiger partial charge in [0.05, 0.1) is 32.5 Å². The Labute approximate surface area is 175 Å². The molecule has 4 atom stereocenters. The fraction of sp³-hybridized carbons (Fsp3) is 1.00. The van der Waals surface area contributed by atoms with Crippen molar-refractivity contribution in [1.82, 2.24) is 20.9 Å². The molecule has 0 bridgehead atoms. The summed E-state index contributed by atoms with van der Waals surface area (Å²) in [4.78, 5) is 42.7. The summed E-state index contributed by atoms with van der Waals surface area (Å²) in [7, 11) is -6.88. The Kier molecular flexibility index (Phi) is 10.3. The Bertz CT molecular complexity index is 685. The van der Waals surface area contributed by atoms with Crippen LogP contribution in [0.3, 0.4) is 0 Å². The topological polar surface area (TPSA) is 200 Å². The van der Waals surface area contributed by atoms with Crippen LogP contribution in [0.4, 0.5) is 0 Å². The molecule has 1 aliphatic rings. The molecule has 1 fully saturated rings. The van der Waals surface area contributed by atoms with Crippen LogP contribution < -0.4 is 16.0 Å².